The third-order valence-electron chi connectivity index (χ3n) is 4.00. The van der Waals surface area contributed by atoms with Crippen molar-refractivity contribution in [2.75, 3.05) is 19.3 Å². The fourth-order valence-corrected chi connectivity index (χ4v) is 3.93. The van der Waals surface area contributed by atoms with Gasteiger partial charge < -0.3 is 10.6 Å². The molecule has 0 amide bonds. The van der Waals surface area contributed by atoms with Crippen LogP contribution in [0.25, 0.3) is 0 Å². The van der Waals surface area contributed by atoms with Crippen LogP contribution in [0.1, 0.15) is 16.7 Å². The molecular formula is C19H24BrN3O2S. The van der Waals surface area contributed by atoms with Crippen molar-refractivity contribution in [1.29, 1.82) is 0 Å². The highest BCUT2D eigenvalue weighted by molar-refractivity contribution is 9.10. The van der Waals surface area contributed by atoms with Crippen molar-refractivity contribution in [2.24, 2.45) is 4.99 Å². The number of benzene rings is 2. The van der Waals surface area contributed by atoms with Gasteiger partial charge in [-0.05, 0) is 49.2 Å². The molecular weight excluding hydrogens is 414 g/mol. The third-order valence-corrected chi connectivity index (χ3v) is 6.26. The highest BCUT2D eigenvalue weighted by Gasteiger charge is 2.14. The van der Waals surface area contributed by atoms with Gasteiger partial charge in [-0.1, -0.05) is 39.7 Å². The second-order valence-corrected chi connectivity index (χ2v) is 9.08. The predicted molar refractivity (Wildman–Crippen MR) is 110 cm³/mol. The average Bonchev–Trinajstić information content (AvgIpc) is 2.59. The van der Waals surface area contributed by atoms with Crippen LogP contribution in [0.5, 0.6) is 0 Å². The van der Waals surface area contributed by atoms with E-state index in [9.17, 15) is 8.42 Å². The topological polar surface area (TPSA) is 70.6 Å². The van der Waals surface area contributed by atoms with Gasteiger partial charge in [-0.15, -0.1) is 0 Å². The summed E-state index contributed by atoms with van der Waals surface area (Å²) in [7, 11) is -1.66. The number of rotatable bonds is 6. The van der Waals surface area contributed by atoms with Gasteiger partial charge in [0.2, 0.25) is 0 Å². The fraction of sp³-hybridized carbons (Fsp3) is 0.316. The van der Waals surface area contributed by atoms with E-state index in [0.717, 1.165) is 4.47 Å². The number of halogens is 1. The maximum Gasteiger partial charge on any atom is 0.191 e. The SMILES string of the molecule is CN=C(NCCS(=O)(=O)c1ccc(Br)cc1)NCc1ccc(C)cc1C. The number of sulfone groups is 1. The molecule has 0 aliphatic rings. The summed E-state index contributed by atoms with van der Waals surface area (Å²) >= 11 is 3.31. The summed E-state index contributed by atoms with van der Waals surface area (Å²) in [5.41, 5.74) is 3.62. The Morgan fingerprint density at radius 2 is 1.77 bits per heavy atom. The van der Waals surface area contributed by atoms with Gasteiger partial charge in [-0.2, -0.15) is 0 Å². The van der Waals surface area contributed by atoms with E-state index in [1.54, 1.807) is 31.3 Å². The molecule has 2 N–H and O–H groups in total. The highest BCUT2D eigenvalue weighted by Crippen LogP contribution is 2.15. The van der Waals surface area contributed by atoms with E-state index in [4.69, 9.17) is 0 Å². The molecule has 0 unspecified atom stereocenters. The van der Waals surface area contributed by atoms with Crippen LogP contribution in [0.15, 0.2) is 56.8 Å². The molecule has 7 heteroatoms. The third kappa shape index (κ3) is 5.85. The summed E-state index contributed by atoms with van der Waals surface area (Å²) in [5, 5.41) is 6.28. The zero-order valence-electron chi connectivity index (χ0n) is 15.2. The van der Waals surface area contributed by atoms with E-state index in [1.165, 1.54) is 16.7 Å². The van der Waals surface area contributed by atoms with E-state index >= 15 is 0 Å². The summed E-state index contributed by atoms with van der Waals surface area (Å²) in [6.07, 6.45) is 0. The first-order chi connectivity index (χ1) is 12.3. The minimum atomic E-state index is -3.33. The minimum absolute atomic E-state index is 0.00110. The number of aryl methyl sites for hydroxylation is 2. The molecule has 2 aromatic rings. The molecule has 0 spiro atoms. The Morgan fingerprint density at radius 3 is 2.38 bits per heavy atom. The maximum absolute atomic E-state index is 12.4. The Labute approximate surface area is 164 Å². The van der Waals surface area contributed by atoms with Crippen LogP contribution < -0.4 is 10.6 Å². The van der Waals surface area contributed by atoms with Crippen molar-refractivity contribution in [3.8, 4) is 0 Å². The van der Waals surface area contributed by atoms with Crippen LogP contribution in [0.3, 0.4) is 0 Å². The lowest BCUT2D eigenvalue weighted by Gasteiger charge is -2.13. The van der Waals surface area contributed by atoms with E-state index < -0.39 is 9.84 Å². The number of hydrogen-bond acceptors (Lipinski definition) is 3. The first kappa shape index (κ1) is 20.5. The first-order valence-corrected chi connectivity index (χ1v) is 10.8. The van der Waals surface area contributed by atoms with Crippen LogP contribution in [0.2, 0.25) is 0 Å². The van der Waals surface area contributed by atoms with Crippen molar-refractivity contribution >= 4 is 31.7 Å². The van der Waals surface area contributed by atoms with Crippen LogP contribution >= 0.6 is 15.9 Å². The van der Waals surface area contributed by atoms with Crippen LogP contribution in [0, 0.1) is 13.8 Å². The molecule has 0 aliphatic heterocycles. The molecule has 0 bridgehead atoms. The molecule has 2 aromatic carbocycles. The Morgan fingerprint density at radius 1 is 1.08 bits per heavy atom. The van der Waals surface area contributed by atoms with Gasteiger partial charge in [0.1, 0.15) is 0 Å². The molecule has 0 aliphatic carbocycles. The second-order valence-electron chi connectivity index (χ2n) is 6.06. The average molecular weight is 438 g/mol. The standard InChI is InChI=1S/C19H24BrN3O2S/c1-14-4-5-16(15(2)12-14)13-23-19(21-3)22-10-11-26(24,25)18-8-6-17(20)7-9-18/h4-9,12H,10-11,13H2,1-3H3,(H2,21,22,23). The zero-order valence-corrected chi connectivity index (χ0v) is 17.6. The predicted octanol–water partition coefficient (Wildman–Crippen LogP) is 3.20. The lowest BCUT2D eigenvalue weighted by molar-refractivity contribution is 0.594. The highest BCUT2D eigenvalue weighted by atomic mass is 79.9. The zero-order chi connectivity index (χ0) is 19.2. The minimum Gasteiger partial charge on any atom is -0.355 e. The summed E-state index contributed by atoms with van der Waals surface area (Å²) in [6, 6.07) is 13.0. The number of aliphatic imine (C=N–C) groups is 1. The molecule has 0 fully saturated rings. The smallest absolute Gasteiger partial charge is 0.191 e. The largest absolute Gasteiger partial charge is 0.355 e. The molecule has 2 rings (SSSR count). The maximum atomic E-state index is 12.4. The molecule has 0 heterocycles. The number of nitrogens with zero attached hydrogens (tertiary/aromatic N) is 1. The Balaban J connectivity index is 1.87. The van der Waals surface area contributed by atoms with Gasteiger partial charge >= 0.3 is 0 Å². The van der Waals surface area contributed by atoms with Crippen molar-refractivity contribution in [3.63, 3.8) is 0 Å². The van der Waals surface area contributed by atoms with Crippen molar-refractivity contribution in [1.82, 2.24) is 10.6 Å². The fourth-order valence-electron chi connectivity index (χ4n) is 2.51. The van der Waals surface area contributed by atoms with Gasteiger partial charge in [0.05, 0.1) is 10.6 Å². The normalized spacial score (nSPS) is 12.1. The molecule has 140 valence electrons. The van der Waals surface area contributed by atoms with E-state index in [2.05, 4.69) is 63.6 Å². The number of nitrogens with one attached hydrogen (secondary N) is 2. The Bertz CT molecular complexity index is 878. The Hall–Kier alpha value is -1.86. The summed E-state index contributed by atoms with van der Waals surface area (Å²) in [6.45, 7) is 5.05. The van der Waals surface area contributed by atoms with Gasteiger partial charge in [-0.3, -0.25) is 4.99 Å². The molecule has 0 radical (unpaired) electrons. The van der Waals surface area contributed by atoms with E-state index in [0.29, 0.717) is 17.4 Å². The van der Waals surface area contributed by atoms with Crippen LogP contribution in [-0.2, 0) is 16.4 Å². The molecule has 26 heavy (non-hydrogen) atoms. The number of guanidine groups is 1. The van der Waals surface area contributed by atoms with Gasteiger partial charge in [0, 0.05) is 24.6 Å². The number of hydrogen-bond donors (Lipinski definition) is 2. The van der Waals surface area contributed by atoms with Crippen molar-refractivity contribution in [3.05, 3.63) is 63.6 Å². The monoisotopic (exact) mass is 437 g/mol. The summed E-state index contributed by atoms with van der Waals surface area (Å²) in [5.74, 6) is 0.579. The molecule has 5 nitrogen and oxygen atoms in total. The summed E-state index contributed by atoms with van der Waals surface area (Å²) < 4.78 is 25.6. The van der Waals surface area contributed by atoms with Crippen LogP contribution in [-0.4, -0.2) is 33.7 Å². The molecule has 0 saturated carbocycles. The first-order valence-electron chi connectivity index (χ1n) is 8.31. The van der Waals surface area contributed by atoms with E-state index in [1.807, 2.05) is 0 Å². The van der Waals surface area contributed by atoms with Crippen LogP contribution in [0.4, 0.5) is 0 Å². The van der Waals surface area contributed by atoms with Gasteiger partial charge in [-0.25, -0.2) is 8.42 Å². The van der Waals surface area contributed by atoms with Gasteiger partial charge in [0.25, 0.3) is 0 Å². The molecule has 0 saturated heterocycles. The summed E-state index contributed by atoms with van der Waals surface area (Å²) in [4.78, 5) is 4.47. The molecule has 0 aromatic heterocycles. The quantitative estimate of drug-likeness (QED) is 0.537. The lowest BCUT2D eigenvalue weighted by atomic mass is 10.1. The van der Waals surface area contributed by atoms with Gasteiger partial charge in [0.15, 0.2) is 15.8 Å². The molecule has 0 atom stereocenters. The lowest BCUT2D eigenvalue weighted by Crippen LogP contribution is -2.39. The van der Waals surface area contributed by atoms with E-state index in [-0.39, 0.29) is 12.3 Å². The van der Waals surface area contributed by atoms with Crippen molar-refractivity contribution < 1.29 is 8.42 Å². The second kappa shape index (κ2) is 9.19. The van der Waals surface area contributed by atoms with Crippen molar-refractivity contribution in [2.45, 2.75) is 25.3 Å². The Kier molecular flexibility index (Phi) is 7.23.